The van der Waals surface area contributed by atoms with E-state index in [1.165, 1.54) is 0 Å². The van der Waals surface area contributed by atoms with Crippen LogP contribution in [-0.2, 0) is 6.42 Å². The van der Waals surface area contributed by atoms with Gasteiger partial charge in [0.15, 0.2) is 0 Å². The Morgan fingerprint density at radius 2 is 2.09 bits per heavy atom. The molecule has 0 bridgehead atoms. The molecule has 0 unspecified atom stereocenters. The molecule has 0 saturated carbocycles. The van der Waals surface area contributed by atoms with Crippen molar-refractivity contribution in [2.45, 2.75) is 25.5 Å². The number of benzene rings is 2. The van der Waals surface area contributed by atoms with Gasteiger partial charge in [-0.1, -0.05) is 24.3 Å². The maximum Gasteiger partial charge on any atom is 0.261 e. The Morgan fingerprint density at radius 3 is 2.91 bits per heavy atom. The molecular formula is C25H22N6O2. The van der Waals surface area contributed by atoms with Crippen molar-refractivity contribution in [3.05, 3.63) is 94.4 Å². The highest BCUT2D eigenvalue weighted by Gasteiger charge is 2.31. The molecule has 164 valence electrons. The zero-order valence-corrected chi connectivity index (χ0v) is 17.9. The van der Waals surface area contributed by atoms with Gasteiger partial charge in [-0.05, 0) is 48.2 Å². The van der Waals surface area contributed by atoms with Crippen molar-refractivity contribution in [3.8, 4) is 17.1 Å². The van der Waals surface area contributed by atoms with E-state index in [4.69, 9.17) is 4.98 Å². The molecule has 3 heterocycles. The average Bonchev–Trinajstić information content (AvgIpc) is 3.54. The predicted octanol–water partition coefficient (Wildman–Crippen LogP) is 3.48. The van der Waals surface area contributed by atoms with Gasteiger partial charge in [0.1, 0.15) is 11.4 Å². The van der Waals surface area contributed by atoms with E-state index in [9.17, 15) is 9.90 Å². The fourth-order valence-electron chi connectivity index (χ4n) is 4.69. The fourth-order valence-corrected chi connectivity index (χ4v) is 4.69. The first-order valence-corrected chi connectivity index (χ1v) is 10.8. The molecule has 4 N–H and O–H groups in total. The van der Waals surface area contributed by atoms with Gasteiger partial charge in [0.25, 0.3) is 5.56 Å². The van der Waals surface area contributed by atoms with Crippen molar-refractivity contribution in [1.29, 1.82) is 0 Å². The smallest absolute Gasteiger partial charge is 0.261 e. The number of aryl methyl sites for hydroxylation is 1. The summed E-state index contributed by atoms with van der Waals surface area (Å²) < 4.78 is 1.93. The van der Waals surface area contributed by atoms with Crippen LogP contribution in [0.15, 0.2) is 72.2 Å². The number of nitrogens with zero attached hydrogens (tertiary/aromatic N) is 3. The number of anilines is 1. The highest BCUT2D eigenvalue weighted by atomic mass is 16.3. The molecule has 2 atom stereocenters. The zero-order chi connectivity index (χ0) is 22.5. The summed E-state index contributed by atoms with van der Waals surface area (Å²) in [5.41, 5.74) is 6.40. The van der Waals surface area contributed by atoms with Gasteiger partial charge in [0.2, 0.25) is 0 Å². The lowest BCUT2D eigenvalue weighted by Gasteiger charge is -2.19. The Labute approximate surface area is 189 Å². The number of pyridine rings is 1. The average molecular weight is 438 g/mol. The maximum atomic E-state index is 12.9. The van der Waals surface area contributed by atoms with Gasteiger partial charge in [-0.25, -0.2) is 9.97 Å². The molecule has 2 aromatic carbocycles. The van der Waals surface area contributed by atoms with E-state index in [-0.39, 0.29) is 11.6 Å². The standard InChI is InChI=1S/C25H22N6O2/c1-14-10-16(31-9-8-26-13-31)12-19-22(14)30-24(29-19)21-18(6-7-27-25(21)33)28-20-11-15-4-2-3-5-17(15)23(20)32/h2-10,12-13,20,23,32H,11H2,1H3,(H,29,30)(H2,27,28,33)/t20-,23+/m0/s1. The molecular weight excluding hydrogens is 416 g/mol. The summed E-state index contributed by atoms with van der Waals surface area (Å²) in [4.78, 5) is 27.8. The number of nitrogens with one attached hydrogen (secondary N) is 3. The Kier molecular flexibility index (Phi) is 4.41. The summed E-state index contributed by atoms with van der Waals surface area (Å²) in [5.74, 6) is 0.477. The first-order chi connectivity index (χ1) is 16.1. The third-order valence-electron chi connectivity index (χ3n) is 6.30. The van der Waals surface area contributed by atoms with Crippen LogP contribution in [0.1, 0.15) is 22.8 Å². The highest BCUT2D eigenvalue weighted by molar-refractivity contribution is 5.86. The minimum absolute atomic E-state index is 0.234. The SMILES string of the molecule is Cc1cc(-n2ccnc2)cc2[nH]c(-c3c(N[C@H]4Cc5ccccc5[C@H]4O)cc[nH]c3=O)nc12. The molecule has 33 heavy (non-hydrogen) atoms. The number of fused-ring (bicyclic) bond motifs is 2. The summed E-state index contributed by atoms with van der Waals surface area (Å²) in [6, 6.07) is 13.5. The van der Waals surface area contributed by atoms with E-state index in [0.29, 0.717) is 23.5 Å². The van der Waals surface area contributed by atoms with Crippen molar-refractivity contribution >= 4 is 16.7 Å². The van der Waals surface area contributed by atoms with Gasteiger partial charge >= 0.3 is 0 Å². The number of hydrogen-bond acceptors (Lipinski definition) is 5. The number of aromatic amines is 2. The molecule has 0 amide bonds. The summed E-state index contributed by atoms with van der Waals surface area (Å²) in [6.45, 7) is 1.99. The number of H-pyrrole nitrogens is 2. The first-order valence-electron chi connectivity index (χ1n) is 10.8. The van der Waals surface area contributed by atoms with E-state index < -0.39 is 6.10 Å². The lowest BCUT2D eigenvalue weighted by Crippen LogP contribution is -2.26. The maximum absolute atomic E-state index is 12.9. The first kappa shape index (κ1) is 19.5. The summed E-state index contributed by atoms with van der Waals surface area (Å²) in [7, 11) is 0. The molecule has 8 nitrogen and oxygen atoms in total. The normalized spacial score (nSPS) is 17.4. The minimum Gasteiger partial charge on any atom is -0.386 e. The van der Waals surface area contributed by atoms with Crippen molar-refractivity contribution in [3.63, 3.8) is 0 Å². The number of rotatable bonds is 4. The van der Waals surface area contributed by atoms with Crippen molar-refractivity contribution in [2.24, 2.45) is 0 Å². The summed E-state index contributed by atoms with van der Waals surface area (Å²) >= 11 is 0. The Bertz CT molecular complexity index is 1530. The second kappa shape index (κ2) is 7.46. The van der Waals surface area contributed by atoms with Crippen LogP contribution >= 0.6 is 0 Å². The van der Waals surface area contributed by atoms with Crippen LogP contribution in [0.3, 0.4) is 0 Å². The van der Waals surface area contributed by atoms with Crippen LogP contribution < -0.4 is 10.9 Å². The van der Waals surface area contributed by atoms with Crippen molar-refractivity contribution in [2.75, 3.05) is 5.32 Å². The lowest BCUT2D eigenvalue weighted by molar-refractivity contribution is 0.167. The van der Waals surface area contributed by atoms with Gasteiger partial charge in [0, 0.05) is 24.3 Å². The summed E-state index contributed by atoms with van der Waals surface area (Å²) in [5, 5.41) is 14.2. The molecule has 0 radical (unpaired) electrons. The van der Waals surface area contributed by atoms with Gasteiger partial charge in [-0.2, -0.15) is 0 Å². The number of aromatic nitrogens is 5. The van der Waals surface area contributed by atoms with Crippen LogP contribution in [0.2, 0.25) is 0 Å². The Hall–Kier alpha value is -4.17. The minimum atomic E-state index is -0.649. The number of imidazole rings is 2. The van der Waals surface area contributed by atoms with E-state index in [0.717, 1.165) is 33.4 Å². The second-order valence-electron chi connectivity index (χ2n) is 8.41. The number of aliphatic hydroxyl groups excluding tert-OH is 1. The monoisotopic (exact) mass is 438 g/mol. The quantitative estimate of drug-likeness (QED) is 0.343. The van der Waals surface area contributed by atoms with Crippen molar-refractivity contribution < 1.29 is 5.11 Å². The molecule has 1 aliphatic carbocycles. The van der Waals surface area contributed by atoms with Crippen LogP contribution in [0.5, 0.6) is 0 Å². The third kappa shape index (κ3) is 3.23. The zero-order valence-electron chi connectivity index (χ0n) is 17.9. The van der Waals surface area contributed by atoms with Gasteiger partial charge in [0.05, 0.1) is 35.2 Å². The van der Waals surface area contributed by atoms with Crippen LogP contribution in [0.25, 0.3) is 28.1 Å². The predicted molar refractivity (Wildman–Crippen MR) is 127 cm³/mol. The van der Waals surface area contributed by atoms with Gasteiger partial charge in [-0.15, -0.1) is 0 Å². The van der Waals surface area contributed by atoms with Crippen LogP contribution in [0, 0.1) is 6.92 Å². The molecule has 3 aromatic heterocycles. The largest absolute Gasteiger partial charge is 0.386 e. The molecule has 5 aromatic rings. The second-order valence-corrected chi connectivity index (χ2v) is 8.41. The van der Waals surface area contributed by atoms with E-state index in [1.807, 2.05) is 60.2 Å². The topological polar surface area (TPSA) is 112 Å². The molecule has 0 spiro atoms. The molecule has 6 rings (SSSR count). The Balaban J connectivity index is 1.41. The van der Waals surface area contributed by atoms with E-state index in [2.05, 4.69) is 20.3 Å². The number of hydrogen-bond donors (Lipinski definition) is 4. The summed E-state index contributed by atoms with van der Waals surface area (Å²) in [6.07, 6.45) is 6.99. The van der Waals surface area contributed by atoms with E-state index in [1.54, 1.807) is 18.7 Å². The van der Waals surface area contributed by atoms with Crippen LogP contribution in [0.4, 0.5) is 5.69 Å². The molecule has 0 fully saturated rings. The number of aliphatic hydroxyl groups is 1. The third-order valence-corrected chi connectivity index (χ3v) is 6.30. The molecule has 0 saturated heterocycles. The van der Waals surface area contributed by atoms with Crippen LogP contribution in [-0.4, -0.2) is 35.7 Å². The van der Waals surface area contributed by atoms with E-state index >= 15 is 0 Å². The van der Waals surface area contributed by atoms with Gasteiger partial charge in [-0.3, -0.25) is 4.79 Å². The van der Waals surface area contributed by atoms with Gasteiger partial charge < -0.3 is 25.0 Å². The molecule has 0 aliphatic heterocycles. The Morgan fingerprint density at radius 1 is 1.21 bits per heavy atom. The molecule has 8 heteroatoms. The highest BCUT2D eigenvalue weighted by Crippen LogP contribution is 2.35. The fraction of sp³-hybridized carbons (Fsp3) is 0.160. The lowest BCUT2D eigenvalue weighted by atomic mass is 10.1. The van der Waals surface area contributed by atoms with Crippen molar-refractivity contribution in [1.82, 2.24) is 24.5 Å². The molecule has 1 aliphatic rings.